The first-order chi connectivity index (χ1) is 13.7. The van der Waals surface area contributed by atoms with Gasteiger partial charge in [0.2, 0.25) is 0 Å². The molecule has 2 N–H and O–H groups in total. The van der Waals surface area contributed by atoms with E-state index in [1.54, 1.807) is 18.2 Å². The Kier molecular flexibility index (Phi) is 6.94. The van der Waals surface area contributed by atoms with Gasteiger partial charge in [-0.3, -0.25) is 19.5 Å². The van der Waals surface area contributed by atoms with Crippen LogP contribution in [0.5, 0.6) is 5.75 Å². The van der Waals surface area contributed by atoms with E-state index < -0.39 is 0 Å². The highest BCUT2D eigenvalue weighted by molar-refractivity contribution is 6.06. The van der Waals surface area contributed by atoms with Crippen molar-refractivity contribution >= 4 is 17.5 Å². The Bertz CT molecular complexity index is 821. The largest absolute Gasteiger partial charge is 0.495 e. The summed E-state index contributed by atoms with van der Waals surface area (Å²) < 4.78 is 10.5. The van der Waals surface area contributed by atoms with Gasteiger partial charge in [-0.2, -0.15) is 0 Å². The quantitative estimate of drug-likeness (QED) is 0.750. The van der Waals surface area contributed by atoms with Crippen LogP contribution >= 0.6 is 0 Å². The maximum Gasteiger partial charge on any atom is 0.257 e. The van der Waals surface area contributed by atoms with Crippen LogP contribution in [0.1, 0.15) is 20.7 Å². The maximum absolute atomic E-state index is 12.5. The van der Waals surface area contributed by atoms with Crippen LogP contribution in [0.25, 0.3) is 0 Å². The number of rotatable bonds is 7. The lowest BCUT2D eigenvalue weighted by atomic mass is 10.1. The van der Waals surface area contributed by atoms with Crippen LogP contribution in [-0.4, -0.2) is 68.2 Å². The number of ether oxygens (including phenoxy) is 2. The van der Waals surface area contributed by atoms with E-state index in [9.17, 15) is 9.59 Å². The number of nitrogens with zero attached hydrogens (tertiary/aromatic N) is 2. The van der Waals surface area contributed by atoms with Gasteiger partial charge in [0.25, 0.3) is 11.8 Å². The number of benzene rings is 1. The maximum atomic E-state index is 12.5. The second-order valence-electron chi connectivity index (χ2n) is 6.33. The molecule has 1 aliphatic rings. The van der Waals surface area contributed by atoms with Crippen molar-refractivity contribution in [2.24, 2.45) is 0 Å². The summed E-state index contributed by atoms with van der Waals surface area (Å²) in [5.41, 5.74) is 1.19. The van der Waals surface area contributed by atoms with E-state index in [1.807, 2.05) is 6.07 Å². The molecule has 0 atom stereocenters. The SMILES string of the molecule is COc1ccccc1NC(=O)c1cncc(C(=O)NCCN2CCOCC2)c1. The Morgan fingerprint density at radius 1 is 1.14 bits per heavy atom. The Labute approximate surface area is 163 Å². The van der Waals surface area contributed by atoms with Crippen LogP contribution in [-0.2, 0) is 4.74 Å². The lowest BCUT2D eigenvalue weighted by Crippen LogP contribution is -2.41. The van der Waals surface area contributed by atoms with Crippen molar-refractivity contribution in [3.63, 3.8) is 0 Å². The van der Waals surface area contributed by atoms with Gasteiger partial charge in [0, 0.05) is 38.6 Å². The molecule has 148 valence electrons. The summed E-state index contributed by atoms with van der Waals surface area (Å²) in [7, 11) is 1.54. The molecule has 0 saturated carbocycles. The zero-order valence-electron chi connectivity index (χ0n) is 15.8. The molecule has 2 aromatic rings. The normalized spacial score (nSPS) is 14.3. The summed E-state index contributed by atoms with van der Waals surface area (Å²) in [5.74, 6) is -0.0616. The number of morpholine rings is 1. The molecule has 1 aliphatic heterocycles. The van der Waals surface area contributed by atoms with Crippen LogP contribution < -0.4 is 15.4 Å². The summed E-state index contributed by atoms with van der Waals surface area (Å²) in [5, 5.41) is 5.64. The molecule has 0 spiro atoms. The lowest BCUT2D eigenvalue weighted by molar-refractivity contribution is 0.0383. The van der Waals surface area contributed by atoms with Gasteiger partial charge in [-0.05, 0) is 18.2 Å². The van der Waals surface area contributed by atoms with Gasteiger partial charge in [-0.1, -0.05) is 12.1 Å². The third-order valence-electron chi connectivity index (χ3n) is 4.44. The summed E-state index contributed by atoms with van der Waals surface area (Å²) >= 11 is 0. The molecule has 0 bridgehead atoms. The number of hydrogen-bond donors (Lipinski definition) is 2. The summed E-state index contributed by atoms with van der Waals surface area (Å²) in [6, 6.07) is 8.65. The topological polar surface area (TPSA) is 92.8 Å². The fraction of sp³-hybridized carbons (Fsp3) is 0.350. The monoisotopic (exact) mass is 384 g/mol. The van der Waals surface area contributed by atoms with E-state index in [1.165, 1.54) is 25.6 Å². The Balaban J connectivity index is 1.57. The molecule has 3 rings (SSSR count). The van der Waals surface area contributed by atoms with Gasteiger partial charge in [0.05, 0.1) is 37.1 Å². The third kappa shape index (κ3) is 5.28. The minimum atomic E-state index is -0.361. The average Bonchev–Trinajstić information content (AvgIpc) is 2.75. The number of amides is 2. The first-order valence-electron chi connectivity index (χ1n) is 9.15. The molecule has 2 heterocycles. The van der Waals surface area contributed by atoms with Gasteiger partial charge >= 0.3 is 0 Å². The van der Waals surface area contributed by atoms with Crippen LogP contribution in [0.3, 0.4) is 0 Å². The average molecular weight is 384 g/mol. The van der Waals surface area contributed by atoms with Crippen molar-refractivity contribution in [1.82, 2.24) is 15.2 Å². The molecule has 1 aromatic heterocycles. The molecule has 1 fully saturated rings. The number of carbonyl (C=O) groups is 2. The molecule has 0 unspecified atom stereocenters. The first kappa shape index (κ1) is 19.8. The highest BCUT2D eigenvalue weighted by Gasteiger charge is 2.14. The molecule has 28 heavy (non-hydrogen) atoms. The van der Waals surface area contributed by atoms with Crippen molar-refractivity contribution in [3.05, 3.63) is 53.9 Å². The van der Waals surface area contributed by atoms with E-state index >= 15 is 0 Å². The zero-order chi connectivity index (χ0) is 19.8. The number of pyridine rings is 1. The smallest absolute Gasteiger partial charge is 0.257 e. The number of aromatic nitrogens is 1. The molecular weight excluding hydrogens is 360 g/mol. The summed E-state index contributed by atoms with van der Waals surface area (Å²) in [6.45, 7) is 4.47. The predicted molar refractivity (Wildman–Crippen MR) is 105 cm³/mol. The summed E-state index contributed by atoms with van der Waals surface area (Å²) in [4.78, 5) is 31.2. The molecule has 8 nitrogen and oxygen atoms in total. The van der Waals surface area contributed by atoms with E-state index in [0.29, 0.717) is 29.1 Å². The molecular formula is C20H24N4O4. The number of para-hydroxylation sites is 2. The van der Waals surface area contributed by atoms with Crippen LogP contribution in [0.15, 0.2) is 42.7 Å². The van der Waals surface area contributed by atoms with Crippen LogP contribution in [0, 0.1) is 0 Å². The van der Waals surface area contributed by atoms with Crippen molar-refractivity contribution < 1.29 is 19.1 Å². The Morgan fingerprint density at radius 3 is 2.61 bits per heavy atom. The lowest BCUT2D eigenvalue weighted by Gasteiger charge is -2.26. The molecule has 2 amide bonds. The highest BCUT2D eigenvalue weighted by atomic mass is 16.5. The van der Waals surface area contributed by atoms with Gasteiger partial charge < -0.3 is 20.1 Å². The van der Waals surface area contributed by atoms with Gasteiger partial charge in [0.1, 0.15) is 5.75 Å². The van der Waals surface area contributed by atoms with Crippen molar-refractivity contribution in [3.8, 4) is 5.75 Å². The molecule has 0 radical (unpaired) electrons. The minimum Gasteiger partial charge on any atom is -0.495 e. The van der Waals surface area contributed by atoms with E-state index in [0.717, 1.165) is 32.8 Å². The summed E-state index contributed by atoms with van der Waals surface area (Å²) in [6.07, 6.45) is 2.87. The highest BCUT2D eigenvalue weighted by Crippen LogP contribution is 2.23. The van der Waals surface area contributed by atoms with Gasteiger partial charge in [-0.25, -0.2) is 0 Å². The van der Waals surface area contributed by atoms with Crippen molar-refractivity contribution in [2.45, 2.75) is 0 Å². The predicted octanol–water partition coefficient (Wildman–Crippen LogP) is 1.40. The van der Waals surface area contributed by atoms with Crippen molar-refractivity contribution in [1.29, 1.82) is 0 Å². The van der Waals surface area contributed by atoms with Gasteiger partial charge in [-0.15, -0.1) is 0 Å². The van der Waals surface area contributed by atoms with Crippen molar-refractivity contribution in [2.75, 3.05) is 51.8 Å². The minimum absolute atomic E-state index is 0.257. The Morgan fingerprint density at radius 2 is 1.86 bits per heavy atom. The fourth-order valence-electron chi connectivity index (χ4n) is 2.89. The fourth-order valence-corrected chi connectivity index (χ4v) is 2.89. The standard InChI is InChI=1S/C20H24N4O4/c1-27-18-5-3-2-4-17(18)23-20(26)16-12-15(13-21-14-16)19(25)22-6-7-24-8-10-28-11-9-24/h2-5,12-14H,6-11H2,1H3,(H,22,25)(H,23,26). The zero-order valence-corrected chi connectivity index (χ0v) is 15.8. The number of carbonyl (C=O) groups excluding carboxylic acids is 2. The van der Waals surface area contributed by atoms with E-state index in [4.69, 9.17) is 9.47 Å². The number of methoxy groups -OCH3 is 1. The molecule has 8 heteroatoms. The third-order valence-corrected chi connectivity index (χ3v) is 4.44. The van der Waals surface area contributed by atoms with Crippen LogP contribution in [0.4, 0.5) is 5.69 Å². The van der Waals surface area contributed by atoms with Gasteiger partial charge in [0.15, 0.2) is 0 Å². The second kappa shape index (κ2) is 9.82. The number of anilines is 1. The van der Waals surface area contributed by atoms with E-state index in [2.05, 4.69) is 20.5 Å². The Hall–Kier alpha value is -2.97. The first-order valence-corrected chi connectivity index (χ1v) is 9.15. The molecule has 1 saturated heterocycles. The second-order valence-corrected chi connectivity index (χ2v) is 6.33. The molecule has 1 aromatic carbocycles. The number of hydrogen-bond acceptors (Lipinski definition) is 6. The molecule has 0 aliphatic carbocycles. The number of nitrogens with one attached hydrogen (secondary N) is 2. The van der Waals surface area contributed by atoms with E-state index in [-0.39, 0.29) is 11.8 Å². The van der Waals surface area contributed by atoms with Crippen LogP contribution in [0.2, 0.25) is 0 Å².